The number of fused-ring (bicyclic) bond motifs is 1. The first-order chi connectivity index (χ1) is 14.8. The van der Waals surface area contributed by atoms with E-state index in [-0.39, 0.29) is 10.9 Å². The van der Waals surface area contributed by atoms with Crippen LogP contribution in [0.3, 0.4) is 0 Å². The van der Waals surface area contributed by atoms with Gasteiger partial charge in [-0.3, -0.25) is 9.20 Å². The van der Waals surface area contributed by atoms with Crippen LogP contribution in [0.1, 0.15) is 16.1 Å². The third kappa shape index (κ3) is 4.55. The fourth-order valence-corrected chi connectivity index (χ4v) is 4.00. The van der Waals surface area contributed by atoms with Gasteiger partial charge in [0.25, 0.3) is 5.91 Å². The summed E-state index contributed by atoms with van der Waals surface area (Å²) < 4.78 is 31.2. The van der Waals surface area contributed by atoms with Crippen LogP contribution in [0.25, 0.3) is 5.52 Å². The maximum absolute atomic E-state index is 12.8. The van der Waals surface area contributed by atoms with Crippen LogP contribution in [0.4, 0.5) is 5.69 Å². The predicted octanol–water partition coefficient (Wildman–Crippen LogP) is 4.22. The Hall–Kier alpha value is -3.36. The molecule has 1 N–H and O–H groups in total. The second-order valence-electron chi connectivity index (χ2n) is 6.83. The van der Waals surface area contributed by atoms with E-state index in [2.05, 4.69) is 10.3 Å². The minimum absolute atomic E-state index is 0.0278. The Bertz CT molecular complexity index is 1370. The number of benzene rings is 2. The summed E-state index contributed by atoms with van der Waals surface area (Å²) >= 11 is 6.13. The molecule has 0 atom stereocenters. The van der Waals surface area contributed by atoms with Crippen molar-refractivity contribution in [2.45, 2.75) is 11.8 Å². The summed E-state index contributed by atoms with van der Waals surface area (Å²) in [4.78, 5) is 16.8. The smallest absolute Gasteiger partial charge is 0.276 e. The molecule has 4 rings (SSSR count). The number of halogens is 1. The number of nitrogens with zero attached hydrogens (tertiary/aromatic N) is 2. The van der Waals surface area contributed by atoms with E-state index >= 15 is 0 Å². The van der Waals surface area contributed by atoms with Crippen molar-refractivity contribution in [1.29, 1.82) is 0 Å². The molecular formula is C22H18ClN3O4S. The molecule has 0 spiro atoms. The van der Waals surface area contributed by atoms with Crippen molar-refractivity contribution < 1.29 is 17.9 Å². The number of sulfone groups is 1. The van der Waals surface area contributed by atoms with Crippen molar-refractivity contribution in [1.82, 2.24) is 9.38 Å². The van der Waals surface area contributed by atoms with Crippen LogP contribution in [-0.4, -0.2) is 30.0 Å². The van der Waals surface area contributed by atoms with E-state index in [1.807, 2.05) is 18.2 Å². The van der Waals surface area contributed by atoms with Gasteiger partial charge >= 0.3 is 0 Å². The molecule has 1 amide bonds. The molecular weight excluding hydrogens is 438 g/mol. The molecule has 0 aliphatic carbocycles. The number of hydrogen-bond acceptors (Lipinski definition) is 5. The third-order valence-corrected chi connectivity index (χ3v) is 5.85. The van der Waals surface area contributed by atoms with Crippen LogP contribution >= 0.6 is 11.6 Å². The third-order valence-electron chi connectivity index (χ3n) is 4.53. The maximum atomic E-state index is 12.8. The first-order valence-electron chi connectivity index (χ1n) is 9.28. The largest absolute Gasteiger partial charge is 0.489 e. The van der Waals surface area contributed by atoms with Gasteiger partial charge in [0, 0.05) is 28.7 Å². The van der Waals surface area contributed by atoms with Gasteiger partial charge < -0.3 is 10.1 Å². The topological polar surface area (TPSA) is 89.8 Å². The van der Waals surface area contributed by atoms with Crippen LogP contribution in [0.15, 0.2) is 78.1 Å². The van der Waals surface area contributed by atoms with Gasteiger partial charge in [-0.2, -0.15) is 0 Å². The van der Waals surface area contributed by atoms with Gasteiger partial charge in [-0.15, -0.1) is 0 Å². The first-order valence-corrected chi connectivity index (χ1v) is 11.5. The predicted molar refractivity (Wildman–Crippen MR) is 118 cm³/mol. The fraction of sp³-hybridized carbons (Fsp3) is 0.0909. The van der Waals surface area contributed by atoms with E-state index in [0.29, 0.717) is 28.6 Å². The molecule has 0 unspecified atom stereocenters. The normalized spacial score (nSPS) is 11.4. The highest BCUT2D eigenvalue weighted by Crippen LogP contribution is 2.22. The second kappa shape index (κ2) is 8.41. The van der Waals surface area contributed by atoms with Crippen LogP contribution in [0, 0.1) is 0 Å². The van der Waals surface area contributed by atoms with Crippen molar-refractivity contribution in [2.24, 2.45) is 0 Å². The number of carbonyl (C=O) groups excluding carboxylic acids is 1. The summed E-state index contributed by atoms with van der Waals surface area (Å²) in [7, 11) is -3.61. The van der Waals surface area contributed by atoms with Gasteiger partial charge in [-0.25, -0.2) is 13.4 Å². The Morgan fingerprint density at radius 2 is 1.77 bits per heavy atom. The molecule has 31 heavy (non-hydrogen) atoms. The molecule has 0 saturated carbocycles. The number of rotatable bonds is 6. The number of anilines is 1. The molecule has 2 heterocycles. The van der Waals surface area contributed by atoms with Crippen LogP contribution in [0.5, 0.6) is 5.75 Å². The number of carbonyl (C=O) groups is 1. The Labute approximate surface area is 184 Å². The zero-order valence-electron chi connectivity index (χ0n) is 16.4. The van der Waals surface area contributed by atoms with Crippen molar-refractivity contribution in [2.75, 3.05) is 11.6 Å². The molecule has 0 aliphatic rings. The zero-order chi connectivity index (χ0) is 22.0. The molecule has 0 bridgehead atoms. The van der Waals surface area contributed by atoms with E-state index in [1.54, 1.807) is 54.7 Å². The lowest BCUT2D eigenvalue weighted by Crippen LogP contribution is -2.13. The fourth-order valence-electron chi connectivity index (χ4n) is 3.04. The van der Waals surface area contributed by atoms with E-state index in [4.69, 9.17) is 16.3 Å². The highest BCUT2D eigenvalue weighted by Gasteiger charge is 2.22. The van der Waals surface area contributed by atoms with Crippen molar-refractivity contribution >= 4 is 38.5 Å². The summed E-state index contributed by atoms with van der Waals surface area (Å²) in [6, 6.07) is 19.3. The SMILES string of the molecule is CS(=O)(=O)c1nc(C(=O)Nc2ccc(OCc3ccccc3Cl)cc2)c2ccccn12. The zero-order valence-corrected chi connectivity index (χ0v) is 18.0. The Kier molecular flexibility index (Phi) is 5.67. The van der Waals surface area contributed by atoms with Gasteiger partial charge in [0.2, 0.25) is 15.0 Å². The highest BCUT2D eigenvalue weighted by atomic mass is 35.5. The average Bonchev–Trinajstić information content (AvgIpc) is 3.15. The number of aromatic nitrogens is 2. The van der Waals surface area contributed by atoms with Gasteiger partial charge in [0.1, 0.15) is 12.4 Å². The lowest BCUT2D eigenvalue weighted by molar-refractivity contribution is 0.102. The van der Waals surface area contributed by atoms with Crippen LogP contribution in [0.2, 0.25) is 5.02 Å². The highest BCUT2D eigenvalue weighted by molar-refractivity contribution is 7.90. The molecule has 0 radical (unpaired) electrons. The number of amides is 1. The lowest BCUT2D eigenvalue weighted by Gasteiger charge is -2.09. The Morgan fingerprint density at radius 1 is 1.06 bits per heavy atom. The lowest BCUT2D eigenvalue weighted by atomic mass is 10.2. The summed E-state index contributed by atoms with van der Waals surface area (Å²) in [6.45, 7) is 0.320. The molecule has 0 saturated heterocycles. The standard InChI is InChI=1S/C22H18ClN3O4S/c1-31(28,29)22-25-20(19-8-4-5-13-26(19)22)21(27)24-16-9-11-17(12-10-16)30-14-15-6-2-3-7-18(15)23/h2-13H,14H2,1H3,(H,24,27). The van der Waals surface area contributed by atoms with Crippen LogP contribution in [-0.2, 0) is 16.4 Å². The van der Waals surface area contributed by atoms with Gasteiger partial charge in [0.15, 0.2) is 5.69 Å². The van der Waals surface area contributed by atoms with Gasteiger partial charge in [-0.05, 0) is 42.5 Å². The number of hydrogen-bond donors (Lipinski definition) is 1. The molecule has 0 aliphatic heterocycles. The molecule has 2 aromatic carbocycles. The maximum Gasteiger partial charge on any atom is 0.276 e. The molecule has 9 heteroatoms. The van der Waals surface area contributed by atoms with Crippen molar-refractivity contribution in [3.63, 3.8) is 0 Å². The molecule has 158 valence electrons. The number of nitrogens with one attached hydrogen (secondary N) is 1. The molecule has 7 nitrogen and oxygen atoms in total. The Balaban J connectivity index is 1.50. The number of pyridine rings is 1. The minimum Gasteiger partial charge on any atom is -0.489 e. The first kappa shape index (κ1) is 20.9. The summed E-state index contributed by atoms with van der Waals surface area (Å²) in [5.41, 5.74) is 1.82. The quantitative estimate of drug-likeness (QED) is 0.470. The number of ether oxygens (including phenoxy) is 1. The number of imidazole rings is 1. The minimum atomic E-state index is -3.61. The van der Waals surface area contributed by atoms with Crippen molar-refractivity contribution in [3.05, 3.63) is 89.2 Å². The van der Waals surface area contributed by atoms with E-state index in [1.165, 1.54) is 4.40 Å². The Morgan fingerprint density at radius 3 is 2.48 bits per heavy atom. The molecule has 4 aromatic rings. The monoisotopic (exact) mass is 455 g/mol. The molecule has 2 aromatic heterocycles. The summed E-state index contributed by atoms with van der Waals surface area (Å²) in [5, 5.41) is 3.19. The van der Waals surface area contributed by atoms with Gasteiger partial charge in [-0.1, -0.05) is 35.9 Å². The van der Waals surface area contributed by atoms with E-state index < -0.39 is 15.7 Å². The summed E-state index contributed by atoms with van der Waals surface area (Å²) in [5.74, 6) is 0.105. The average molecular weight is 456 g/mol. The van der Waals surface area contributed by atoms with Crippen LogP contribution < -0.4 is 10.1 Å². The van der Waals surface area contributed by atoms with E-state index in [0.717, 1.165) is 11.8 Å². The summed E-state index contributed by atoms with van der Waals surface area (Å²) in [6.07, 6.45) is 2.61. The second-order valence-corrected chi connectivity index (χ2v) is 9.15. The van der Waals surface area contributed by atoms with Crippen molar-refractivity contribution in [3.8, 4) is 5.75 Å². The molecule has 0 fully saturated rings. The van der Waals surface area contributed by atoms with E-state index in [9.17, 15) is 13.2 Å². The van der Waals surface area contributed by atoms with Gasteiger partial charge in [0.05, 0.1) is 5.52 Å².